The highest BCUT2D eigenvalue weighted by Crippen LogP contribution is 2.35. The van der Waals surface area contributed by atoms with Crippen molar-refractivity contribution in [2.45, 2.75) is 19.3 Å². The van der Waals surface area contributed by atoms with Crippen molar-refractivity contribution in [1.82, 2.24) is 15.3 Å². The Morgan fingerprint density at radius 3 is 2.87 bits per heavy atom. The van der Waals surface area contributed by atoms with Crippen LogP contribution in [0.4, 0.5) is 0 Å². The van der Waals surface area contributed by atoms with Gasteiger partial charge in [-0.1, -0.05) is 29.0 Å². The number of nitrogens with one attached hydrogen (secondary N) is 1. The number of benzene rings is 1. The number of ether oxygens (including phenoxy) is 2. The van der Waals surface area contributed by atoms with Crippen LogP contribution in [0, 0.1) is 5.92 Å². The maximum atomic E-state index is 11.9. The lowest BCUT2D eigenvalue weighted by molar-refractivity contribution is -0.120. The van der Waals surface area contributed by atoms with Gasteiger partial charge in [-0.15, -0.1) is 0 Å². The van der Waals surface area contributed by atoms with Gasteiger partial charge in [0.15, 0.2) is 0 Å². The molecular weight excluding hydrogens is 434 g/mol. The highest BCUT2D eigenvalue weighted by molar-refractivity contribution is 7.14. The lowest BCUT2D eigenvalue weighted by Crippen LogP contribution is -2.24. The van der Waals surface area contributed by atoms with Gasteiger partial charge in [-0.05, 0) is 54.7 Å². The SMILES string of the molecule is O=C(Cc1ccncc1)NC/C=C/c1cnc(Oc2ccc(OCC3CC3)cc2Cl)s1. The number of thiazole rings is 1. The molecule has 0 aliphatic heterocycles. The Hall–Kier alpha value is -2.90. The summed E-state index contributed by atoms with van der Waals surface area (Å²) in [5.74, 6) is 1.93. The van der Waals surface area contributed by atoms with Crippen LogP contribution < -0.4 is 14.8 Å². The molecule has 1 fully saturated rings. The molecule has 6 nitrogen and oxygen atoms in total. The summed E-state index contributed by atoms with van der Waals surface area (Å²) in [7, 11) is 0. The minimum Gasteiger partial charge on any atom is -0.493 e. The second-order valence-electron chi connectivity index (χ2n) is 7.22. The Morgan fingerprint density at radius 1 is 1.26 bits per heavy atom. The predicted molar refractivity (Wildman–Crippen MR) is 122 cm³/mol. The average molecular weight is 456 g/mol. The van der Waals surface area contributed by atoms with Gasteiger partial charge in [0, 0.05) is 31.2 Å². The predicted octanol–water partition coefficient (Wildman–Crippen LogP) is 5.14. The van der Waals surface area contributed by atoms with E-state index >= 15 is 0 Å². The smallest absolute Gasteiger partial charge is 0.279 e. The van der Waals surface area contributed by atoms with Crippen molar-refractivity contribution >= 4 is 34.9 Å². The third-order valence-electron chi connectivity index (χ3n) is 4.60. The Kier molecular flexibility index (Phi) is 7.17. The molecule has 0 bridgehead atoms. The number of aromatic nitrogens is 2. The molecule has 0 atom stereocenters. The van der Waals surface area contributed by atoms with Crippen LogP contribution in [-0.2, 0) is 11.2 Å². The van der Waals surface area contributed by atoms with Gasteiger partial charge in [0.1, 0.15) is 11.5 Å². The fourth-order valence-corrected chi connectivity index (χ4v) is 3.65. The third kappa shape index (κ3) is 6.80. The molecule has 1 saturated carbocycles. The minimum atomic E-state index is -0.0385. The molecule has 1 amide bonds. The van der Waals surface area contributed by atoms with E-state index in [0.29, 0.717) is 34.8 Å². The van der Waals surface area contributed by atoms with Gasteiger partial charge < -0.3 is 14.8 Å². The number of carbonyl (C=O) groups is 1. The first-order chi connectivity index (χ1) is 15.2. The number of hydrogen-bond acceptors (Lipinski definition) is 6. The van der Waals surface area contributed by atoms with Crippen LogP contribution in [0.2, 0.25) is 5.02 Å². The van der Waals surface area contributed by atoms with E-state index in [1.807, 2.05) is 30.4 Å². The molecule has 31 heavy (non-hydrogen) atoms. The minimum absolute atomic E-state index is 0.0385. The molecule has 2 aromatic heterocycles. The molecule has 1 aromatic carbocycles. The molecule has 3 aromatic rings. The maximum Gasteiger partial charge on any atom is 0.279 e. The van der Waals surface area contributed by atoms with Crippen LogP contribution in [0.5, 0.6) is 16.7 Å². The van der Waals surface area contributed by atoms with Gasteiger partial charge in [0.2, 0.25) is 5.91 Å². The van der Waals surface area contributed by atoms with E-state index in [2.05, 4.69) is 15.3 Å². The fourth-order valence-electron chi connectivity index (χ4n) is 2.74. The van der Waals surface area contributed by atoms with Crippen molar-refractivity contribution in [3.05, 3.63) is 70.5 Å². The van der Waals surface area contributed by atoms with Gasteiger partial charge in [-0.3, -0.25) is 9.78 Å². The van der Waals surface area contributed by atoms with Gasteiger partial charge in [-0.2, -0.15) is 0 Å². The second kappa shape index (κ2) is 10.4. The van der Waals surface area contributed by atoms with Crippen LogP contribution in [0.15, 0.2) is 55.0 Å². The number of halogens is 1. The highest BCUT2D eigenvalue weighted by Gasteiger charge is 2.22. The highest BCUT2D eigenvalue weighted by atomic mass is 35.5. The molecule has 0 radical (unpaired) electrons. The maximum absolute atomic E-state index is 11.9. The van der Waals surface area contributed by atoms with Crippen LogP contribution in [-0.4, -0.2) is 29.0 Å². The third-order valence-corrected chi connectivity index (χ3v) is 5.73. The Balaban J connectivity index is 1.23. The zero-order chi connectivity index (χ0) is 21.5. The van der Waals surface area contributed by atoms with Gasteiger partial charge in [0.05, 0.1) is 22.9 Å². The van der Waals surface area contributed by atoms with Crippen molar-refractivity contribution in [2.75, 3.05) is 13.2 Å². The molecule has 0 saturated heterocycles. The molecule has 4 rings (SSSR count). The number of nitrogens with zero attached hydrogens (tertiary/aromatic N) is 2. The van der Waals surface area contributed by atoms with Crippen LogP contribution in [0.25, 0.3) is 6.08 Å². The molecule has 0 spiro atoms. The van der Waals surface area contributed by atoms with Crippen molar-refractivity contribution in [1.29, 1.82) is 0 Å². The first-order valence-electron chi connectivity index (χ1n) is 10.0. The normalized spacial score (nSPS) is 13.3. The van der Waals surface area contributed by atoms with Gasteiger partial charge >= 0.3 is 0 Å². The summed E-state index contributed by atoms with van der Waals surface area (Å²) >= 11 is 7.72. The lowest BCUT2D eigenvalue weighted by Gasteiger charge is -2.08. The lowest BCUT2D eigenvalue weighted by atomic mass is 10.2. The molecule has 160 valence electrons. The number of hydrogen-bond donors (Lipinski definition) is 1. The summed E-state index contributed by atoms with van der Waals surface area (Å²) in [6.45, 7) is 1.18. The van der Waals surface area contributed by atoms with Crippen LogP contribution >= 0.6 is 22.9 Å². The van der Waals surface area contributed by atoms with Crippen molar-refractivity contribution in [3.63, 3.8) is 0 Å². The second-order valence-corrected chi connectivity index (χ2v) is 8.65. The standard InChI is InChI=1S/C23H22ClN3O3S/c24-20-13-18(29-15-17-3-4-17)5-6-21(20)30-23-27-14-19(31-23)2-1-9-26-22(28)12-16-7-10-25-11-8-16/h1-2,5-8,10-11,13-14,17H,3-4,9,12,15H2,(H,26,28)/b2-1+. The summed E-state index contributed by atoms with van der Waals surface area (Å²) in [5, 5.41) is 3.84. The molecule has 8 heteroatoms. The number of rotatable bonds is 10. The van der Waals surface area contributed by atoms with Crippen molar-refractivity contribution in [2.24, 2.45) is 5.92 Å². The summed E-state index contributed by atoms with van der Waals surface area (Å²) in [6, 6.07) is 9.07. The van der Waals surface area contributed by atoms with E-state index in [-0.39, 0.29) is 5.91 Å². The zero-order valence-corrected chi connectivity index (χ0v) is 18.4. The quantitative estimate of drug-likeness (QED) is 0.458. The first kappa shape index (κ1) is 21.3. The molecular formula is C23H22ClN3O3S. The van der Waals surface area contributed by atoms with E-state index in [1.165, 1.54) is 24.2 Å². The monoisotopic (exact) mass is 455 g/mol. The fraction of sp³-hybridized carbons (Fsp3) is 0.261. The topological polar surface area (TPSA) is 73.3 Å². The Labute approximate surface area is 189 Å². The number of amides is 1. The van der Waals surface area contributed by atoms with Crippen molar-refractivity contribution < 1.29 is 14.3 Å². The van der Waals surface area contributed by atoms with E-state index in [4.69, 9.17) is 21.1 Å². The van der Waals surface area contributed by atoms with Crippen molar-refractivity contribution in [3.8, 4) is 16.7 Å². The summed E-state index contributed by atoms with van der Waals surface area (Å²) < 4.78 is 11.5. The van der Waals surface area contributed by atoms with Gasteiger partial charge in [0.25, 0.3) is 5.19 Å². The van der Waals surface area contributed by atoms with Crippen LogP contribution in [0.1, 0.15) is 23.3 Å². The van der Waals surface area contributed by atoms with E-state index in [9.17, 15) is 4.79 Å². The number of pyridine rings is 1. The Bertz CT molecular complexity index is 1050. The van der Waals surface area contributed by atoms with E-state index in [1.54, 1.807) is 30.7 Å². The zero-order valence-electron chi connectivity index (χ0n) is 16.8. The molecule has 1 aliphatic rings. The van der Waals surface area contributed by atoms with Gasteiger partial charge in [-0.25, -0.2) is 4.98 Å². The number of carbonyl (C=O) groups excluding carboxylic acids is 1. The molecule has 1 N–H and O–H groups in total. The molecule has 1 aliphatic carbocycles. The summed E-state index contributed by atoms with van der Waals surface area (Å²) in [4.78, 5) is 21.1. The molecule has 0 unspecified atom stereocenters. The van der Waals surface area contributed by atoms with E-state index in [0.717, 1.165) is 22.8 Å². The Morgan fingerprint density at radius 2 is 2.10 bits per heavy atom. The summed E-state index contributed by atoms with van der Waals surface area (Å²) in [5.41, 5.74) is 0.932. The van der Waals surface area contributed by atoms with E-state index < -0.39 is 0 Å². The average Bonchev–Trinajstić information content (AvgIpc) is 3.50. The summed E-state index contributed by atoms with van der Waals surface area (Å²) in [6.07, 6.45) is 11.7. The molecule has 2 heterocycles. The van der Waals surface area contributed by atoms with Crippen LogP contribution in [0.3, 0.4) is 0 Å². The first-order valence-corrected chi connectivity index (χ1v) is 11.2. The largest absolute Gasteiger partial charge is 0.493 e.